The highest BCUT2D eigenvalue weighted by molar-refractivity contribution is 6.17. The van der Waals surface area contributed by atoms with Crippen LogP contribution in [0.2, 0.25) is 0 Å². The molecule has 1 aromatic heterocycles. The van der Waals surface area contributed by atoms with Crippen molar-refractivity contribution in [2.75, 3.05) is 10.6 Å². The minimum Gasteiger partial charge on any atom is -0.340 e. The maximum atomic E-state index is 13.0. The summed E-state index contributed by atoms with van der Waals surface area (Å²) >= 11 is 0. The van der Waals surface area contributed by atoms with Crippen LogP contribution in [0.4, 0.5) is 17.2 Å². The van der Waals surface area contributed by atoms with Crippen LogP contribution in [0.1, 0.15) is 26.3 Å². The van der Waals surface area contributed by atoms with E-state index in [-0.39, 0.29) is 11.7 Å². The van der Waals surface area contributed by atoms with E-state index in [9.17, 15) is 9.59 Å². The Bertz CT molecular complexity index is 1500. The van der Waals surface area contributed by atoms with Crippen molar-refractivity contribution in [2.45, 2.75) is 0 Å². The number of benzene rings is 4. The van der Waals surface area contributed by atoms with Gasteiger partial charge in [0.25, 0.3) is 5.91 Å². The van der Waals surface area contributed by atoms with E-state index < -0.39 is 0 Å². The molecule has 0 aliphatic heterocycles. The van der Waals surface area contributed by atoms with Crippen molar-refractivity contribution in [3.63, 3.8) is 0 Å². The Morgan fingerprint density at radius 2 is 1.22 bits per heavy atom. The molecule has 0 saturated carbocycles. The molecule has 0 unspecified atom stereocenters. The van der Waals surface area contributed by atoms with E-state index in [2.05, 4.69) is 20.6 Å². The molecule has 0 fully saturated rings. The van der Waals surface area contributed by atoms with Crippen molar-refractivity contribution in [2.24, 2.45) is 0 Å². The molecule has 0 bridgehead atoms. The maximum Gasteiger partial charge on any atom is 0.256 e. The van der Waals surface area contributed by atoms with Gasteiger partial charge in [0.1, 0.15) is 12.1 Å². The molecule has 0 atom stereocenters. The van der Waals surface area contributed by atoms with Crippen molar-refractivity contribution >= 4 is 28.9 Å². The van der Waals surface area contributed by atoms with Gasteiger partial charge in [-0.25, -0.2) is 9.97 Å². The molecule has 2 N–H and O–H groups in total. The predicted molar refractivity (Wildman–Crippen MR) is 141 cm³/mol. The standard InChI is InChI=1S/C30H22N4O2/c35-29(22-11-5-2-6-12-22)25-13-7-8-14-26(25)30(36)34-24-17-15-23(16-18-24)33-28-19-27(31-20-32-28)21-9-3-1-4-10-21/h1-20H,(H,34,36)(H,31,32,33). The van der Waals surface area contributed by atoms with E-state index in [1.807, 2.05) is 54.6 Å². The number of hydrogen-bond donors (Lipinski definition) is 2. The third-order valence-electron chi connectivity index (χ3n) is 5.60. The van der Waals surface area contributed by atoms with Crippen molar-refractivity contribution in [1.29, 1.82) is 0 Å². The molecule has 0 aliphatic rings. The number of rotatable bonds is 7. The lowest BCUT2D eigenvalue weighted by Crippen LogP contribution is -2.17. The molecular formula is C30H22N4O2. The summed E-state index contributed by atoms with van der Waals surface area (Å²) in [7, 11) is 0. The quantitative estimate of drug-likeness (QED) is 0.270. The maximum absolute atomic E-state index is 13.0. The summed E-state index contributed by atoms with van der Waals surface area (Å²) in [4.78, 5) is 34.6. The van der Waals surface area contributed by atoms with Gasteiger partial charge in [-0.15, -0.1) is 0 Å². The van der Waals surface area contributed by atoms with Crippen LogP contribution < -0.4 is 10.6 Å². The lowest BCUT2D eigenvalue weighted by Gasteiger charge is -2.11. The lowest BCUT2D eigenvalue weighted by molar-refractivity contribution is 0.0996. The minimum atomic E-state index is -0.348. The van der Waals surface area contributed by atoms with Crippen molar-refractivity contribution < 1.29 is 9.59 Å². The molecule has 0 aliphatic carbocycles. The van der Waals surface area contributed by atoms with Crippen LogP contribution in [0, 0.1) is 0 Å². The second-order valence-corrected chi connectivity index (χ2v) is 8.05. The van der Waals surface area contributed by atoms with Gasteiger partial charge in [0.15, 0.2) is 5.78 Å². The number of nitrogens with one attached hydrogen (secondary N) is 2. The number of carbonyl (C=O) groups excluding carboxylic acids is 2. The Morgan fingerprint density at radius 1 is 0.611 bits per heavy atom. The van der Waals surface area contributed by atoms with E-state index >= 15 is 0 Å². The molecule has 174 valence electrons. The number of amides is 1. The molecule has 5 rings (SSSR count). The summed E-state index contributed by atoms with van der Waals surface area (Å²) in [5, 5.41) is 6.14. The molecule has 6 nitrogen and oxygen atoms in total. The number of ketones is 1. The Labute approximate surface area is 208 Å². The van der Waals surface area contributed by atoms with Gasteiger partial charge in [0.05, 0.1) is 11.3 Å². The van der Waals surface area contributed by atoms with Crippen LogP contribution in [0.3, 0.4) is 0 Å². The van der Waals surface area contributed by atoms with E-state index in [0.29, 0.717) is 28.2 Å². The Morgan fingerprint density at radius 3 is 1.94 bits per heavy atom. The lowest BCUT2D eigenvalue weighted by atomic mass is 9.98. The van der Waals surface area contributed by atoms with Crippen LogP contribution in [0.15, 0.2) is 122 Å². The molecule has 0 radical (unpaired) electrons. The van der Waals surface area contributed by atoms with Gasteiger partial charge in [-0.2, -0.15) is 0 Å². The fourth-order valence-corrected chi connectivity index (χ4v) is 3.80. The number of carbonyl (C=O) groups is 2. The third kappa shape index (κ3) is 5.18. The van der Waals surface area contributed by atoms with E-state index in [4.69, 9.17) is 0 Å². The van der Waals surface area contributed by atoms with E-state index in [0.717, 1.165) is 16.9 Å². The molecule has 5 aromatic rings. The molecular weight excluding hydrogens is 448 g/mol. The molecule has 1 heterocycles. The fraction of sp³-hybridized carbons (Fsp3) is 0. The number of nitrogens with zero attached hydrogens (tertiary/aromatic N) is 2. The average molecular weight is 471 g/mol. The van der Waals surface area contributed by atoms with Crippen molar-refractivity contribution in [3.05, 3.63) is 138 Å². The van der Waals surface area contributed by atoms with Crippen LogP contribution in [-0.2, 0) is 0 Å². The van der Waals surface area contributed by atoms with Crippen LogP contribution >= 0.6 is 0 Å². The first-order chi connectivity index (χ1) is 17.7. The topological polar surface area (TPSA) is 84.0 Å². The van der Waals surface area contributed by atoms with Gasteiger partial charge in [0.2, 0.25) is 0 Å². The Kier molecular flexibility index (Phi) is 6.58. The highest BCUT2D eigenvalue weighted by Crippen LogP contribution is 2.23. The average Bonchev–Trinajstić information content (AvgIpc) is 2.95. The van der Waals surface area contributed by atoms with Crippen molar-refractivity contribution in [1.82, 2.24) is 9.97 Å². The molecule has 6 heteroatoms. The Balaban J connectivity index is 1.29. The van der Waals surface area contributed by atoms with Crippen LogP contribution in [-0.4, -0.2) is 21.7 Å². The summed E-state index contributed by atoms with van der Waals surface area (Å²) < 4.78 is 0. The zero-order valence-corrected chi connectivity index (χ0v) is 19.3. The SMILES string of the molecule is O=C(Nc1ccc(Nc2cc(-c3ccccc3)ncn2)cc1)c1ccccc1C(=O)c1ccccc1. The second kappa shape index (κ2) is 10.4. The summed E-state index contributed by atoms with van der Waals surface area (Å²) in [6.07, 6.45) is 1.52. The summed E-state index contributed by atoms with van der Waals surface area (Å²) in [5.41, 5.74) is 4.46. The highest BCUT2D eigenvalue weighted by atomic mass is 16.2. The Hall–Kier alpha value is -5.10. The normalized spacial score (nSPS) is 10.4. The predicted octanol–water partition coefficient (Wildman–Crippen LogP) is 6.37. The van der Waals surface area contributed by atoms with Gasteiger partial charge in [-0.05, 0) is 30.3 Å². The largest absolute Gasteiger partial charge is 0.340 e. The first kappa shape index (κ1) is 22.7. The van der Waals surface area contributed by atoms with E-state index in [1.54, 1.807) is 60.7 Å². The number of aromatic nitrogens is 2. The summed E-state index contributed by atoms with van der Waals surface area (Å²) in [5.74, 6) is 0.119. The van der Waals surface area contributed by atoms with Crippen molar-refractivity contribution in [3.8, 4) is 11.3 Å². The highest BCUT2D eigenvalue weighted by Gasteiger charge is 2.18. The fourth-order valence-electron chi connectivity index (χ4n) is 3.80. The van der Waals surface area contributed by atoms with E-state index in [1.165, 1.54) is 6.33 Å². The molecule has 1 amide bonds. The van der Waals surface area contributed by atoms with Crippen LogP contribution in [0.25, 0.3) is 11.3 Å². The second-order valence-electron chi connectivity index (χ2n) is 8.05. The number of hydrogen-bond acceptors (Lipinski definition) is 5. The van der Waals surface area contributed by atoms with Gasteiger partial charge < -0.3 is 10.6 Å². The molecule has 0 spiro atoms. The minimum absolute atomic E-state index is 0.194. The molecule has 4 aromatic carbocycles. The van der Waals surface area contributed by atoms with Gasteiger partial charge in [-0.1, -0.05) is 78.9 Å². The van der Waals surface area contributed by atoms with Gasteiger partial charge in [-0.3, -0.25) is 9.59 Å². The molecule has 36 heavy (non-hydrogen) atoms. The monoisotopic (exact) mass is 470 g/mol. The third-order valence-corrected chi connectivity index (χ3v) is 5.60. The summed E-state index contributed by atoms with van der Waals surface area (Å²) in [6.45, 7) is 0. The first-order valence-electron chi connectivity index (χ1n) is 11.4. The zero-order valence-electron chi connectivity index (χ0n) is 19.3. The van der Waals surface area contributed by atoms with Crippen LogP contribution in [0.5, 0.6) is 0 Å². The van der Waals surface area contributed by atoms with Gasteiger partial charge >= 0.3 is 0 Å². The zero-order chi connectivity index (χ0) is 24.7. The summed E-state index contributed by atoms with van der Waals surface area (Å²) in [6, 6.07) is 34.8. The first-order valence-corrected chi connectivity index (χ1v) is 11.4. The van der Waals surface area contributed by atoms with Gasteiger partial charge in [0, 0.05) is 34.1 Å². The number of anilines is 3. The smallest absolute Gasteiger partial charge is 0.256 e. The molecule has 0 saturated heterocycles.